The van der Waals surface area contributed by atoms with Crippen LogP contribution in [-0.2, 0) is 19.1 Å². The highest BCUT2D eigenvalue weighted by Gasteiger charge is 2.30. The van der Waals surface area contributed by atoms with Gasteiger partial charge in [-0.1, -0.05) is 48.5 Å². The molecule has 8 nitrogen and oxygen atoms in total. The molecule has 0 saturated heterocycles. The summed E-state index contributed by atoms with van der Waals surface area (Å²) in [5.41, 5.74) is 3.71. The van der Waals surface area contributed by atoms with E-state index in [2.05, 4.69) is 10.6 Å². The second-order valence-electron chi connectivity index (χ2n) is 9.02. The van der Waals surface area contributed by atoms with Crippen molar-refractivity contribution < 1.29 is 23.9 Å². The molecule has 2 aromatic rings. The monoisotopic (exact) mass is 463 g/mol. The van der Waals surface area contributed by atoms with Crippen molar-refractivity contribution in [1.82, 2.24) is 10.6 Å². The zero-order valence-electron chi connectivity index (χ0n) is 19.6. The highest BCUT2D eigenvalue weighted by Crippen LogP contribution is 2.44. The van der Waals surface area contributed by atoms with Gasteiger partial charge in [-0.3, -0.25) is 9.59 Å². The number of hydrogen-bond acceptors (Lipinski definition) is 6. The molecule has 0 aromatic heterocycles. The van der Waals surface area contributed by atoms with Gasteiger partial charge in [0.05, 0.1) is 6.07 Å². The van der Waals surface area contributed by atoms with Gasteiger partial charge < -0.3 is 20.1 Å². The molecule has 0 aliphatic heterocycles. The highest BCUT2D eigenvalue weighted by atomic mass is 16.6. The number of hydrogen-bond donors (Lipinski definition) is 2. The van der Waals surface area contributed by atoms with Crippen LogP contribution in [0.1, 0.15) is 50.7 Å². The summed E-state index contributed by atoms with van der Waals surface area (Å²) in [7, 11) is 0. The van der Waals surface area contributed by atoms with Crippen LogP contribution in [0.15, 0.2) is 48.5 Å². The first-order valence-electron chi connectivity index (χ1n) is 11.2. The smallest absolute Gasteiger partial charge is 0.407 e. The SMILES string of the molecule is CC(C)(C)OC(=O)CC[C@H](NC(=O)OCC1c2ccccc2-c2ccccc21)C(=O)NCC#N. The molecule has 34 heavy (non-hydrogen) atoms. The van der Waals surface area contributed by atoms with Gasteiger partial charge in [0, 0.05) is 12.3 Å². The van der Waals surface area contributed by atoms with Crippen molar-refractivity contribution in [2.24, 2.45) is 0 Å². The molecule has 1 aliphatic rings. The maximum atomic E-state index is 12.6. The number of amides is 2. The Kier molecular flexibility index (Phi) is 7.90. The van der Waals surface area contributed by atoms with E-state index in [0.29, 0.717) is 0 Å². The largest absolute Gasteiger partial charge is 0.460 e. The van der Waals surface area contributed by atoms with E-state index in [9.17, 15) is 14.4 Å². The third-order valence-electron chi connectivity index (χ3n) is 5.35. The molecule has 8 heteroatoms. The third kappa shape index (κ3) is 6.35. The van der Waals surface area contributed by atoms with E-state index in [1.54, 1.807) is 20.8 Å². The standard InChI is InChI=1S/C26H29N3O5/c1-26(2,3)34-23(30)13-12-22(24(31)28-15-14-27)29-25(32)33-16-21-19-10-6-4-8-17(19)18-9-5-7-11-20(18)21/h4-11,21-22H,12-13,15-16H2,1-3H3,(H,28,31)(H,29,32)/t22-/m0/s1. The Morgan fingerprint density at radius 2 is 1.62 bits per heavy atom. The van der Waals surface area contributed by atoms with Gasteiger partial charge in [-0.15, -0.1) is 0 Å². The summed E-state index contributed by atoms with van der Waals surface area (Å²) >= 11 is 0. The van der Waals surface area contributed by atoms with Gasteiger partial charge in [0.15, 0.2) is 0 Å². The minimum absolute atomic E-state index is 0.0103. The number of carbonyl (C=O) groups is 3. The lowest BCUT2D eigenvalue weighted by Gasteiger charge is -2.21. The summed E-state index contributed by atoms with van der Waals surface area (Å²) in [5, 5.41) is 13.7. The van der Waals surface area contributed by atoms with Gasteiger partial charge in [0.1, 0.15) is 24.8 Å². The number of rotatable bonds is 8. The maximum Gasteiger partial charge on any atom is 0.407 e. The summed E-state index contributed by atoms with van der Waals surface area (Å²) in [6.45, 7) is 5.12. The predicted molar refractivity (Wildman–Crippen MR) is 126 cm³/mol. The van der Waals surface area contributed by atoms with Gasteiger partial charge in [-0.25, -0.2) is 4.79 Å². The molecule has 0 bridgehead atoms. The number of benzene rings is 2. The topological polar surface area (TPSA) is 118 Å². The predicted octanol–water partition coefficient (Wildman–Crippen LogP) is 3.66. The molecule has 3 rings (SSSR count). The molecule has 0 fully saturated rings. The Morgan fingerprint density at radius 3 is 2.18 bits per heavy atom. The number of nitriles is 1. The molecule has 2 amide bonds. The van der Waals surface area contributed by atoms with Gasteiger partial charge >= 0.3 is 12.1 Å². The van der Waals surface area contributed by atoms with Crippen molar-refractivity contribution in [2.75, 3.05) is 13.2 Å². The zero-order valence-corrected chi connectivity index (χ0v) is 19.6. The summed E-state index contributed by atoms with van der Waals surface area (Å²) in [5.74, 6) is -1.18. The molecule has 178 valence electrons. The minimum atomic E-state index is -1.04. The summed E-state index contributed by atoms with van der Waals surface area (Å²) in [4.78, 5) is 37.1. The molecule has 0 saturated carbocycles. The van der Waals surface area contributed by atoms with Crippen molar-refractivity contribution in [3.05, 3.63) is 59.7 Å². The lowest BCUT2D eigenvalue weighted by molar-refractivity contribution is -0.155. The van der Waals surface area contributed by atoms with Crippen molar-refractivity contribution in [3.8, 4) is 17.2 Å². The Morgan fingerprint density at radius 1 is 1.03 bits per heavy atom. The summed E-state index contributed by atoms with van der Waals surface area (Å²) < 4.78 is 10.8. The fourth-order valence-corrected chi connectivity index (χ4v) is 3.96. The zero-order chi connectivity index (χ0) is 24.7. The van der Waals surface area contributed by atoms with Gasteiger partial charge in [0.25, 0.3) is 0 Å². The van der Waals surface area contributed by atoms with Crippen molar-refractivity contribution in [2.45, 2.75) is 51.2 Å². The highest BCUT2D eigenvalue weighted by molar-refractivity contribution is 5.86. The van der Waals surface area contributed by atoms with Crippen LogP contribution in [0, 0.1) is 11.3 Å². The lowest BCUT2D eigenvalue weighted by atomic mass is 9.98. The molecule has 1 atom stereocenters. The first-order valence-corrected chi connectivity index (χ1v) is 11.2. The van der Waals surface area contributed by atoms with E-state index in [0.717, 1.165) is 22.3 Å². The van der Waals surface area contributed by atoms with Crippen LogP contribution >= 0.6 is 0 Å². The van der Waals surface area contributed by atoms with Crippen molar-refractivity contribution in [1.29, 1.82) is 5.26 Å². The molecular weight excluding hydrogens is 434 g/mol. The summed E-state index contributed by atoms with van der Waals surface area (Å²) in [6.07, 6.45) is -0.842. The number of nitrogens with one attached hydrogen (secondary N) is 2. The van der Waals surface area contributed by atoms with E-state index < -0.39 is 29.6 Å². The van der Waals surface area contributed by atoms with E-state index in [1.165, 1.54) is 0 Å². The molecule has 2 N–H and O–H groups in total. The van der Waals surface area contributed by atoms with Gasteiger partial charge in [-0.05, 0) is 49.4 Å². The molecule has 0 heterocycles. The Labute approximate surface area is 199 Å². The fourth-order valence-electron chi connectivity index (χ4n) is 3.96. The number of alkyl carbamates (subject to hydrolysis) is 1. The number of ether oxygens (including phenoxy) is 2. The Bertz CT molecular complexity index is 1050. The van der Waals surface area contributed by atoms with Crippen LogP contribution in [0.25, 0.3) is 11.1 Å². The van der Waals surface area contributed by atoms with E-state index in [1.807, 2.05) is 54.6 Å². The molecule has 1 aliphatic carbocycles. The second kappa shape index (κ2) is 10.8. The van der Waals surface area contributed by atoms with Crippen LogP contribution < -0.4 is 10.6 Å². The maximum absolute atomic E-state index is 12.6. The fraction of sp³-hybridized carbons (Fsp3) is 0.385. The third-order valence-corrected chi connectivity index (χ3v) is 5.35. The molecule has 0 radical (unpaired) electrons. The number of esters is 1. The first-order chi connectivity index (χ1) is 16.2. The number of nitrogens with zero attached hydrogens (tertiary/aromatic N) is 1. The van der Waals surface area contributed by atoms with Crippen LogP contribution in [0.3, 0.4) is 0 Å². The van der Waals surface area contributed by atoms with Crippen LogP contribution in [0.2, 0.25) is 0 Å². The molecule has 0 unspecified atom stereocenters. The normalized spacial score (nSPS) is 13.1. The lowest BCUT2D eigenvalue weighted by Crippen LogP contribution is -2.47. The quantitative estimate of drug-likeness (QED) is 0.456. The van der Waals surface area contributed by atoms with Crippen molar-refractivity contribution >= 4 is 18.0 Å². The minimum Gasteiger partial charge on any atom is -0.460 e. The number of carbonyl (C=O) groups excluding carboxylic acids is 3. The van der Waals surface area contributed by atoms with Crippen molar-refractivity contribution in [3.63, 3.8) is 0 Å². The molecule has 2 aromatic carbocycles. The van der Waals surface area contributed by atoms with E-state index >= 15 is 0 Å². The van der Waals surface area contributed by atoms with Crippen LogP contribution in [-0.4, -0.2) is 42.8 Å². The second-order valence-corrected chi connectivity index (χ2v) is 9.02. The molecular formula is C26H29N3O5. The average molecular weight is 464 g/mol. The van der Waals surface area contributed by atoms with Gasteiger partial charge in [0.2, 0.25) is 5.91 Å². The summed E-state index contributed by atoms with van der Waals surface area (Å²) in [6, 6.07) is 16.7. The molecule has 0 spiro atoms. The van der Waals surface area contributed by atoms with Gasteiger partial charge in [-0.2, -0.15) is 5.26 Å². The van der Waals surface area contributed by atoms with E-state index in [-0.39, 0.29) is 31.9 Å². The Hall–Kier alpha value is -3.86. The number of fused-ring (bicyclic) bond motifs is 3. The van der Waals surface area contributed by atoms with Crippen LogP contribution in [0.5, 0.6) is 0 Å². The first kappa shape index (κ1) is 24.8. The van der Waals surface area contributed by atoms with E-state index in [4.69, 9.17) is 14.7 Å². The Balaban J connectivity index is 1.63. The van der Waals surface area contributed by atoms with Crippen LogP contribution in [0.4, 0.5) is 4.79 Å². The average Bonchev–Trinajstić information content (AvgIpc) is 3.11.